The van der Waals surface area contributed by atoms with E-state index < -0.39 is 5.97 Å². The van der Waals surface area contributed by atoms with E-state index in [0.717, 1.165) is 13.1 Å². The monoisotopic (exact) mass is 391 g/mol. The Morgan fingerprint density at radius 2 is 2.11 bits per heavy atom. The molecule has 1 aliphatic rings. The van der Waals surface area contributed by atoms with Crippen LogP contribution in [0.2, 0.25) is 0 Å². The molecule has 1 unspecified atom stereocenters. The molecule has 0 aliphatic carbocycles. The number of thiophene rings is 1. The zero-order valence-corrected chi connectivity index (χ0v) is 16.6. The number of carbonyl (C=O) groups is 2. The van der Waals surface area contributed by atoms with E-state index in [-0.39, 0.29) is 11.9 Å². The molecule has 1 amide bonds. The Balaban J connectivity index is 1.74. The number of aromatic amines is 1. The van der Waals surface area contributed by atoms with E-state index >= 15 is 0 Å². The van der Waals surface area contributed by atoms with Crippen LogP contribution in [0.3, 0.4) is 0 Å². The SMILES string of the molecule is COC(=O)c1c(C)[nH]c(C(=O)NCC(c2cccs2)N2CCOCC2)c1C. The van der Waals surface area contributed by atoms with Crippen molar-refractivity contribution in [2.24, 2.45) is 0 Å². The fraction of sp³-hybridized carbons (Fsp3) is 0.474. The average Bonchev–Trinajstić information content (AvgIpc) is 3.30. The summed E-state index contributed by atoms with van der Waals surface area (Å²) < 4.78 is 10.3. The van der Waals surface area contributed by atoms with Gasteiger partial charge in [-0.1, -0.05) is 6.07 Å². The number of hydrogen-bond donors (Lipinski definition) is 2. The second-order valence-corrected chi connectivity index (χ2v) is 7.49. The Morgan fingerprint density at radius 3 is 2.74 bits per heavy atom. The smallest absolute Gasteiger partial charge is 0.339 e. The number of esters is 1. The van der Waals surface area contributed by atoms with Crippen molar-refractivity contribution in [1.82, 2.24) is 15.2 Å². The summed E-state index contributed by atoms with van der Waals surface area (Å²) in [7, 11) is 1.34. The van der Waals surface area contributed by atoms with Gasteiger partial charge >= 0.3 is 5.97 Å². The van der Waals surface area contributed by atoms with E-state index in [0.29, 0.717) is 42.3 Å². The van der Waals surface area contributed by atoms with Crippen LogP contribution < -0.4 is 5.32 Å². The maximum Gasteiger partial charge on any atom is 0.339 e. The summed E-state index contributed by atoms with van der Waals surface area (Å²) in [5.74, 6) is -0.661. The number of amides is 1. The van der Waals surface area contributed by atoms with Crippen LogP contribution in [0, 0.1) is 13.8 Å². The molecule has 1 saturated heterocycles. The summed E-state index contributed by atoms with van der Waals surface area (Å²) in [6.45, 7) is 7.09. The summed E-state index contributed by atoms with van der Waals surface area (Å²) in [5.41, 5.74) is 2.06. The van der Waals surface area contributed by atoms with E-state index in [2.05, 4.69) is 21.3 Å². The molecule has 1 fully saturated rings. The highest BCUT2D eigenvalue weighted by atomic mass is 32.1. The van der Waals surface area contributed by atoms with Crippen molar-refractivity contribution in [1.29, 1.82) is 0 Å². The van der Waals surface area contributed by atoms with Crippen LogP contribution in [0.25, 0.3) is 0 Å². The van der Waals surface area contributed by atoms with E-state index in [1.807, 2.05) is 11.4 Å². The van der Waals surface area contributed by atoms with Gasteiger partial charge in [-0.3, -0.25) is 9.69 Å². The highest BCUT2D eigenvalue weighted by Crippen LogP contribution is 2.26. The zero-order chi connectivity index (χ0) is 19.4. The van der Waals surface area contributed by atoms with Crippen LogP contribution in [-0.4, -0.2) is 61.7 Å². The van der Waals surface area contributed by atoms with E-state index in [9.17, 15) is 9.59 Å². The number of methoxy groups -OCH3 is 1. The summed E-state index contributed by atoms with van der Waals surface area (Å²) in [6.07, 6.45) is 0. The number of aromatic nitrogens is 1. The molecule has 0 saturated carbocycles. The standard InChI is InChI=1S/C19H25N3O4S/c1-12-16(19(24)25-3)13(2)21-17(12)18(23)20-11-14(15-5-4-10-27-15)22-6-8-26-9-7-22/h4-5,10,14,21H,6-9,11H2,1-3H3,(H,20,23). The quantitative estimate of drug-likeness (QED) is 0.738. The lowest BCUT2D eigenvalue weighted by atomic mass is 10.1. The number of nitrogens with one attached hydrogen (secondary N) is 2. The normalized spacial score (nSPS) is 16.1. The van der Waals surface area contributed by atoms with Gasteiger partial charge < -0.3 is 19.8 Å². The maximum absolute atomic E-state index is 12.8. The molecule has 27 heavy (non-hydrogen) atoms. The number of morpholine rings is 1. The minimum atomic E-state index is -0.440. The third-order valence-electron chi connectivity index (χ3n) is 4.87. The third-order valence-corrected chi connectivity index (χ3v) is 5.84. The first-order valence-electron chi connectivity index (χ1n) is 8.93. The van der Waals surface area contributed by atoms with Gasteiger partial charge in [0.05, 0.1) is 31.9 Å². The summed E-state index contributed by atoms with van der Waals surface area (Å²) >= 11 is 1.69. The number of rotatable bonds is 6. The third kappa shape index (κ3) is 4.23. The fourth-order valence-corrected chi connectivity index (χ4v) is 4.30. The first-order chi connectivity index (χ1) is 13.0. The van der Waals surface area contributed by atoms with Gasteiger partial charge in [0.25, 0.3) is 5.91 Å². The molecule has 2 N–H and O–H groups in total. The maximum atomic E-state index is 12.8. The molecule has 0 spiro atoms. The molecule has 7 nitrogen and oxygen atoms in total. The fourth-order valence-electron chi connectivity index (χ4n) is 3.44. The Bertz CT molecular complexity index is 794. The molecule has 0 bridgehead atoms. The largest absolute Gasteiger partial charge is 0.465 e. The van der Waals surface area contributed by atoms with Gasteiger partial charge in [0, 0.05) is 30.2 Å². The number of carbonyl (C=O) groups excluding carboxylic acids is 2. The number of nitrogens with zero attached hydrogens (tertiary/aromatic N) is 1. The van der Waals surface area contributed by atoms with Gasteiger partial charge in [-0.2, -0.15) is 0 Å². The molecule has 3 rings (SSSR count). The van der Waals surface area contributed by atoms with Crippen LogP contribution in [0.5, 0.6) is 0 Å². The number of aryl methyl sites for hydroxylation is 1. The van der Waals surface area contributed by atoms with Crippen molar-refractivity contribution < 1.29 is 19.1 Å². The molecule has 3 heterocycles. The highest BCUT2D eigenvalue weighted by Gasteiger charge is 2.26. The predicted octanol–water partition coefficient (Wildman–Crippen LogP) is 2.28. The highest BCUT2D eigenvalue weighted by molar-refractivity contribution is 7.10. The van der Waals surface area contributed by atoms with Crippen LogP contribution in [0.4, 0.5) is 0 Å². The Hall–Kier alpha value is -2.16. The number of H-pyrrole nitrogens is 1. The van der Waals surface area contributed by atoms with Crippen LogP contribution in [0.15, 0.2) is 17.5 Å². The number of hydrogen-bond acceptors (Lipinski definition) is 6. The molecule has 146 valence electrons. The van der Waals surface area contributed by atoms with Crippen molar-refractivity contribution in [2.45, 2.75) is 19.9 Å². The van der Waals surface area contributed by atoms with Gasteiger partial charge in [0.2, 0.25) is 0 Å². The molecular weight excluding hydrogens is 366 g/mol. The molecule has 1 aliphatic heterocycles. The minimum Gasteiger partial charge on any atom is -0.465 e. The molecule has 1 atom stereocenters. The van der Waals surface area contributed by atoms with Crippen molar-refractivity contribution >= 4 is 23.2 Å². The topological polar surface area (TPSA) is 83.7 Å². The summed E-state index contributed by atoms with van der Waals surface area (Å²) in [5, 5.41) is 5.07. The van der Waals surface area contributed by atoms with Gasteiger partial charge in [0.15, 0.2) is 0 Å². The predicted molar refractivity (Wildman–Crippen MR) is 103 cm³/mol. The lowest BCUT2D eigenvalue weighted by Crippen LogP contribution is -2.43. The molecule has 0 aromatic carbocycles. The summed E-state index contributed by atoms with van der Waals surface area (Å²) in [6, 6.07) is 4.22. The van der Waals surface area contributed by atoms with Gasteiger partial charge in [-0.05, 0) is 30.9 Å². The first-order valence-corrected chi connectivity index (χ1v) is 9.81. The van der Waals surface area contributed by atoms with E-state index in [1.54, 1.807) is 25.2 Å². The molecule has 2 aromatic rings. The van der Waals surface area contributed by atoms with Crippen molar-refractivity contribution in [2.75, 3.05) is 40.0 Å². The number of ether oxygens (including phenoxy) is 2. The lowest BCUT2D eigenvalue weighted by molar-refractivity contribution is 0.0169. The van der Waals surface area contributed by atoms with Crippen LogP contribution in [-0.2, 0) is 9.47 Å². The lowest BCUT2D eigenvalue weighted by Gasteiger charge is -2.34. The Kier molecular flexibility index (Phi) is 6.30. The van der Waals surface area contributed by atoms with Crippen molar-refractivity contribution in [3.63, 3.8) is 0 Å². The van der Waals surface area contributed by atoms with Gasteiger partial charge in [-0.25, -0.2) is 4.79 Å². The Morgan fingerprint density at radius 1 is 1.37 bits per heavy atom. The van der Waals surface area contributed by atoms with Crippen LogP contribution in [0.1, 0.15) is 43.0 Å². The molecule has 8 heteroatoms. The van der Waals surface area contributed by atoms with E-state index in [1.165, 1.54) is 12.0 Å². The average molecular weight is 391 g/mol. The zero-order valence-electron chi connectivity index (χ0n) is 15.8. The molecular formula is C19H25N3O4S. The van der Waals surface area contributed by atoms with Crippen molar-refractivity contribution in [3.8, 4) is 0 Å². The van der Waals surface area contributed by atoms with Gasteiger partial charge in [0.1, 0.15) is 5.69 Å². The molecule has 0 radical (unpaired) electrons. The van der Waals surface area contributed by atoms with Crippen molar-refractivity contribution in [3.05, 3.63) is 44.9 Å². The van der Waals surface area contributed by atoms with E-state index in [4.69, 9.17) is 9.47 Å². The Labute approximate surface area is 162 Å². The first kappa shape index (κ1) is 19.6. The van der Waals surface area contributed by atoms with Gasteiger partial charge in [-0.15, -0.1) is 11.3 Å². The minimum absolute atomic E-state index is 0.106. The second kappa shape index (κ2) is 8.69. The van der Waals surface area contributed by atoms with Crippen LogP contribution >= 0.6 is 11.3 Å². The molecule has 2 aromatic heterocycles. The summed E-state index contributed by atoms with van der Waals surface area (Å²) in [4.78, 5) is 31.3. The second-order valence-electron chi connectivity index (χ2n) is 6.51.